The minimum absolute atomic E-state index is 0.0953. The van der Waals surface area contributed by atoms with E-state index in [0.717, 1.165) is 35.2 Å². The number of nitrogens with two attached hydrogens (primary N) is 1. The smallest absolute Gasteiger partial charge is 0.147 e. The van der Waals surface area contributed by atoms with Crippen LogP contribution in [0.5, 0.6) is 5.75 Å². The molecule has 25 heavy (non-hydrogen) atoms. The number of benzene rings is 1. The van der Waals surface area contributed by atoms with E-state index in [4.69, 9.17) is 10.5 Å². The summed E-state index contributed by atoms with van der Waals surface area (Å²) < 4.78 is 11.0. The van der Waals surface area contributed by atoms with Gasteiger partial charge >= 0.3 is 0 Å². The first kappa shape index (κ1) is 18.6. The Kier molecular flexibility index (Phi) is 6.64. The van der Waals surface area contributed by atoms with Gasteiger partial charge in [0, 0.05) is 6.04 Å². The first-order valence-corrected chi connectivity index (χ1v) is 10.1. The zero-order valence-electron chi connectivity index (χ0n) is 14.7. The molecule has 0 bridgehead atoms. The predicted molar refractivity (Wildman–Crippen MR) is 103 cm³/mol. The average molecular weight is 364 g/mol. The van der Waals surface area contributed by atoms with Crippen LogP contribution in [0.2, 0.25) is 0 Å². The van der Waals surface area contributed by atoms with E-state index in [1.54, 1.807) is 6.20 Å². The number of rotatable bonds is 9. The molecule has 0 amide bonds. The number of nitrogens with zero attached hydrogens (tertiary/aromatic N) is 1. The first-order chi connectivity index (χ1) is 12.1. The Morgan fingerprint density at radius 2 is 2.12 bits per heavy atom. The molecule has 4 N–H and O–H groups in total. The van der Waals surface area contributed by atoms with Crippen molar-refractivity contribution in [2.45, 2.75) is 63.1 Å². The Hall–Kier alpha value is -1.21. The van der Waals surface area contributed by atoms with Crippen molar-refractivity contribution in [2.24, 2.45) is 5.73 Å². The highest BCUT2D eigenvalue weighted by atomic mass is 32.1. The first-order valence-electron chi connectivity index (χ1n) is 9.35. The topological polar surface area (TPSA) is 80.4 Å². The van der Waals surface area contributed by atoms with Crippen LogP contribution in [-0.4, -0.2) is 34.4 Å². The molecule has 3 rings (SSSR count). The summed E-state index contributed by atoms with van der Waals surface area (Å²) >= 11 is 1.44. The van der Waals surface area contributed by atoms with Gasteiger partial charge in [-0.2, -0.15) is 4.37 Å². The van der Waals surface area contributed by atoms with Crippen LogP contribution in [0.1, 0.15) is 51.4 Å². The maximum absolute atomic E-state index is 10.4. The molecule has 1 unspecified atom stereocenters. The molecular formula is C19H29N3O2S. The van der Waals surface area contributed by atoms with E-state index < -0.39 is 5.72 Å². The highest BCUT2D eigenvalue weighted by molar-refractivity contribution is 7.13. The predicted octanol–water partition coefficient (Wildman–Crippen LogP) is 3.42. The molecule has 1 heterocycles. The number of hydrogen-bond acceptors (Lipinski definition) is 6. The lowest BCUT2D eigenvalue weighted by atomic mass is 9.95. The molecule has 6 heteroatoms. The average Bonchev–Trinajstić information content (AvgIpc) is 3.10. The second kappa shape index (κ2) is 8.94. The summed E-state index contributed by atoms with van der Waals surface area (Å²) in [4.78, 5) is 0. The fourth-order valence-corrected chi connectivity index (χ4v) is 4.10. The van der Waals surface area contributed by atoms with Gasteiger partial charge in [-0.1, -0.05) is 25.3 Å². The summed E-state index contributed by atoms with van der Waals surface area (Å²) in [6.45, 7) is 1.10. The maximum Gasteiger partial charge on any atom is 0.147 e. The zero-order valence-corrected chi connectivity index (χ0v) is 15.6. The minimum Gasteiger partial charge on any atom is -0.488 e. The van der Waals surface area contributed by atoms with Gasteiger partial charge in [-0.15, -0.1) is 0 Å². The molecule has 1 aliphatic rings. The van der Waals surface area contributed by atoms with Crippen LogP contribution in [0.25, 0.3) is 10.1 Å². The van der Waals surface area contributed by atoms with Gasteiger partial charge < -0.3 is 20.9 Å². The third kappa shape index (κ3) is 5.64. The van der Waals surface area contributed by atoms with Crippen molar-refractivity contribution < 1.29 is 9.84 Å². The van der Waals surface area contributed by atoms with Crippen molar-refractivity contribution in [3.05, 3.63) is 24.4 Å². The van der Waals surface area contributed by atoms with Crippen molar-refractivity contribution in [2.75, 3.05) is 13.2 Å². The van der Waals surface area contributed by atoms with Gasteiger partial charge in [-0.25, -0.2) is 0 Å². The molecular weight excluding hydrogens is 334 g/mol. The number of fused-ring (bicyclic) bond motifs is 1. The van der Waals surface area contributed by atoms with E-state index in [2.05, 4.69) is 9.69 Å². The maximum atomic E-state index is 10.4. The molecule has 1 aromatic heterocycles. The Morgan fingerprint density at radius 3 is 2.96 bits per heavy atom. The summed E-state index contributed by atoms with van der Waals surface area (Å²) in [5, 5.41) is 15.0. The summed E-state index contributed by atoms with van der Waals surface area (Å²) in [6.07, 6.45) is 10.9. The summed E-state index contributed by atoms with van der Waals surface area (Å²) in [5.41, 5.74) is 4.71. The van der Waals surface area contributed by atoms with Crippen LogP contribution in [0.4, 0.5) is 0 Å². The van der Waals surface area contributed by atoms with Gasteiger partial charge in [0.05, 0.1) is 16.3 Å². The summed E-state index contributed by atoms with van der Waals surface area (Å²) in [6, 6.07) is 6.52. The number of ether oxygens (including phenoxy) is 1. The number of nitrogens with one attached hydrogen (secondary N) is 1. The van der Waals surface area contributed by atoms with Gasteiger partial charge in [0.25, 0.3) is 0 Å². The van der Waals surface area contributed by atoms with Gasteiger partial charge in [0.2, 0.25) is 0 Å². The third-order valence-corrected chi connectivity index (χ3v) is 5.67. The van der Waals surface area contributed by atoms with Crippen LogP contribution in [0.15, 0.2) is 24.4 Å². The van der Waals surface area contributed by atoms with Gasteiger partial charge in [0.1, 0.15) is 18.1 Å². The quantitative estimate of drug-likeness (QED) is 0.470. The monoisotopic (exact) mass is 363 g/mol. The van der Waals surface area contributed by atoms with Crippen LogP contribution >= 0.6 is 11.5 Å². The molecule has 1 fully saturated rings. The Morgan fingerprint density at radius 1 is 1.28 bits per heavy atom. The number of unbranched alkanes of at least 4 members (excludes halogenated alkanes) is 1. The molecule has 2 aromatic rings. The van der Waals surface area contributed by atoms with Crippen LogP contribution in [0.3, 0.4) is 0 Å². The van der Waals surface area contributed by atoms with Crippen molar-refractivity contribution in [1.29, 1.82) is 0 Å². The van der Waals surface area contributed by atoms with Crippen molar-refractivity contribution >= 4 is 21.6 Å². The summed E-state index contributed by atoms with van der Waals surface area (Å²) in [5.74, 6) is 0.731. The van der Waals surface area contributed by atoms with E-state index in [0.29, 0.717) is 12.5 Å². The number of hydrogen-bond donors (Lipinski definition) is 3. The SMILES string of the molecule is NC(O)(CCCCNC1CCCCC1)COc1cccc2sncc12. The number of aromatic nitrogens is 1. The van der Waals surface area contributed by atoms with Crippen molar-refractivity contribution in [3.8, 4) is 5.75 Å². The zero-order chi connectivity index (χ0) is 17.5. The van der Waals surface area contributed by atoms with Crippen molar-refractivity contribution in [3.63, 3.8) is 0 Å². The highest BCUT2D eigenvalue weighted by Crippen LogP contribution is 2.28. The van der Waals surface area contributed by atoms with E-state index in [1.165, 1.54) is 43.6 Å². The van der Waals surface area contributed by atoms with Crippen LogP contribution in [-0.2, 0) is 0 Å². The van der Waals surface area contributed by atoms with Gasteiger partial charge in [-0.05, 0) is 62.3 Å². The second-order valence-corrected chi connectivity index (χ2v) is 7.97. The van der Waals surface area contributed by atoms with Crippen LogP contribution in [0, 0.1) is 0 Å². The molecule has 0 radical (unpaired) electrons. The van der Waals surface area contributed by atoms with Crippen molar-refractivity contribution in [1.82, 2.24) is 9.69 Å². The minimum atomic E-state index is -1.30. The molecule has 1 aliphatic carbocycles. The Labute approximate surface area is 153 Å². The van der Waals surface area contributed by atoms with Gasteiger partial charge in [-0.3, -0.25) is 0 Å². The molecule has 0 aliphatic heterocycles. The largest absolute Gasteiger partial charge is 0.488 e. The fourth-order valence-electron chi connectivity index (χ4n) is 3.44. The third-order valence-electron chi connectivity index (χ3n) is 4.91. The second-order valence-electron chi connectivity index (χ2n) is 7.13. The molecule has 138 valence electrons. The molecule has 0 saturated heterocycles. The highest BCUT2D eigenvalue weighted by Gasteiger charge is 2.22. The molecule has 0 spiro atoms. The fraction of sp³-hybridized carbons (Fsp3) is 0.632. The number of aliphatic hydroxyl groups is 1. The van der Waals surface area contributed by atoms with Gasteiger partial charge in [0.15, 0.2) is 0 Å². The molecule has 1 saturated carbocycles. The lowest BCUT2D eigenvalue weighted by Crippen LogP contribution is -2.45. The molecule has 1 aromatic carbocycles. The standard InChI is InChI=1S/C19H29N3O2S/c20-19(23,11-4-5-12-21-15-7-2-1-3-8-15)14-24-17-9-6-10-18-16(17)13-22-25-18/h6,9-10,13,15,21,23H,1-5,7-8,11-12,14,20H2. The normalized spacial score (nSPS) is 18.3. The molecule has 1 atom stereocenters. The molecule has 5 nitrogen and oxygen atoms in total. The lowest BCUT2D eigenvalue weighted by molar-refractivity contribution is -0.00811. The Balaban J connectivity index is 1.36. The lowest BCUT2D eigenvalue weighted by Gasteiger charge is -2.25. The van der Waals surface area contributed by atoms with E-state index in [1.807, 2.05) is 18.2 Å². The Bertz CT molecular complexity index is 653. The van der Waals surface area contributed by atoms with E-state index >= 15 is 0 Å². The van der Waals surface area contributed by atoms with Crippen LogP contribution < -0.4 is 15.8 Å². The van der Waals surface area contributed by atoms with E-state index in [9.17, 15) is 5.11 Å². The summed E-state index contributed by atoms with van der Waals surface area (Å²) in [7, 11) is 0. The van der Waals surface area contributed by atoms with E-state index in [-0.39, 0.29) is 6.61 Å².